The number of hydrogen-bond acceptors (Lipinski definition) is 11. The van der Waals surface area contributed by atoms with Gasteiger partial charge in [-0.05, 0) is 57.8 Å². The lowest BCUT2D eigenvalue weighted by Gasteiger charge is -2.40. The Morgan fingerprint density at radius 3 is 1.55 bits per heavy atom. The SMILES string of the molecule is CCC/C=C\CCCCCCCC(=O)OCC(COC1OC(CS(=O)(=O)O)C(O)C(O)C1O)OC(=O)CCCCCCCCC/C=C\CCCCCCCCC. The molecule has 6 unspecified atom stereocenters. The number of aliphatic hydroxyl groups excluding tert-OH is 3. The summed E-state index contributed by atoms with van der Waals surface area (Å²) >= 11 is 0. The van der Waals surface area contributed by atoms with Gasteiger partial charge in [-0.2, -0.15) is 8.42 Å². The summed E-state index contributed by atoms with van der Waals surface area (Å²) in [5, 5.41) is 30.8. The third-order valence-corrected chi connectivity index (χ3v) is 10.7. The van der Waals surface area contributed by atoms with Crippen LogP contribution in [0.15, 0.2) is 24.3 Å². The van der Waals surface area contributed by atoms with Crippen LogP contribution in [0.2, 0.25) is 0 Å². The predicted octanol–water partition coefficient (Wildman–Crippen LogP) is 8.45. The van der Waals surface area contributed by atoms with E-state index in [-0.39, 0.29) is 19.4 Å². The van der Waals surface area contributed by atoms with E-state index < -0.39 is 71.2 Å². The second-order valence-corrected chi connectivity index (χ2v) is 16.9. The van der Waals surface area contributed by atoms with Gasteiger partial charge in [0.1, 0.15) is 36.8 Å². The summed E-state index contributed by atoms with van der Waals surface area (Å²) in [6, 6.07) is 0. The lowest BCUT2D eigenvalue weighted by molar-refractivity contribution is -0.297. The average Bonchev–Trinajstić information content (AvgIpc) is 3.16. The average molecular weight is 819 g/mol. The Hall–Kier alpha value is -1.87. The van der Waals surface area contributed by atoms with Crippen molar-refractivity contribution in [1.29, 1.82) is 0 Å². The normalized spacial score (nSPS) is 20.9. The van der Waals surface area contributed by atoms with Crippen molar-refractivity contribution in [3.63, 3.8) is 0 Å². The lowest BCUT2D eigenvalue weighted by atomic mass is 10.00. The molecule has 1 rings (SSSR count). The zero-order chi connectivity index (χ0) is 41.3. The Morgan fingerprint density at radius 1 is 0.589 bits per heavy atom. The van der Waals surface area contributed by atoms with Crippen LogP contribution in [-0.4, -0.2) is 96.0 Å². The van der Waals surface area contributed by atoms with Gasteiger partial charge in [0.05, 0.1) is 6.61 Å². The third kappa shape index (κ3) is 28.5. The minimum absolute atomic E-state index is 0.159. The molecule has 1 aliphatic rings. The number of esters is 2. The highest BCUT2D eigenvalue weighted by molar-refractivity contribution is 7.85. The first kappa shape index (κ1) is 52.1. The van der Waals surface area contributed by atoms with Crippen molar-refractivity contribution in [2.45, 2.75) is 218 Å². The molecule has 13 heteroatoms. The van der Waals surface area contributed by atoms with Crippen LogP contribution >= 0.6 is 0 Å². The van der Waals surface area contributed by atoms with E-state index in [4.69, 9.17) is 18.9 Å². The molecule has 0 spiro atoms. The van der Waals surface area contributed by atoms with E-state index in [1.165, 1.54) is 64.2 Å². The number of aliphatic hydroxyl groups is 3. The summed E-state index contributed by atoms with van der Waals surface area (Å²) in [7, 11) is -4.60. The van der Waals surface area contributed by atoms with Crippen LogP contribution in [0.3, 0.4) is 0 Å². The minimum atomic E-state index is -4.60. The van der Waals surface area contributed by atoms with Gasteiger partial charge in [-0.15, -0.1) is 0 Å². The first-order valence-corrected chi connectivity index (χ1v) is 23.5. The Kier molecular flexibility index (Phi) is 31.7. The molecule has 1 heterocycles. The highest BCUT2D eigenvalue weighted by Gasteiger charge is 2.46. The molecular formula is C43H78O12S. The van der Waals surface area contributed by atoms with E-state index in [1.807, 2.05) is 0 Å². The zero-order valence-electron chi connectivity index (χ0n) is 34.7. The van der Waals surface area contributed by atoms with Gasteiger partial charge in [0.25, 0.3) is 10.1 Å². The fraction of sp³-hybridized carbons (Fsp3) is 0.860. The second-order valence-electron chi connectivity index (χ2n) is 15.4. The van der Waals surface area contributed by atoms with Crippen LogP contribution in [0.5, 0.6) is 0 Å². The van der Waals surface area contributed by atoms with Gasteiger partial charge in [-0.25, -0.2) is 0 Å². The molecule has 56 heavy (non-hydrogen) atoms. The number of carbonyl (C=O) groups excluding carboxylic acids is 2. The number of ether oxygens (including phenoxy) is 4. The molecule has 1 saturated heterocycles. The topological polar surface area (TPSA) is 186 Å². The molecule has 328 valence electrons. The van der Waals surface area contributed by atoms with E-state index in [0.717, 1.165) is 77.0 Å². The molecule has 0 bridgehead atoms. The molecule has 0 aliphatic carbocycles. The lowest BCUT2D eigenvalue weighted by Crippen LogP contribution is -2.60. The summed E-state index contributed by atoms with van der Waals surface area (Å²) in [5.74, 6) is -2.00. The molecule has 12 nitrogen and oxygen atoms in total. The van der Waals surface area contributed by atoms with Crippen molar-refractivity contribution < 1.29 is 56.8 Å². The number of rotatable bonds is 36. The van der Waals surface area contributed by atoms with Gasteiger partial charge >= 0.3 is 11.9 Å². The second kappa shape index (κ2) is 34.0. The van der Waals surface area contributed by atoms with Crippen molar-refractivity contribution in [1.82, 2.24) is 0 Å². The van der Waals surface area contributed by atoms with Crippen LogP contribution in [0.4, 0.5) is 0 Å². The summed E-state index contributed by atoms with van der Waals surface area (Å²) in [6.07, 6.45) is 26.6. The molecule has 0 saturated carbocycles. The molecule has 6 atom stereocenters. The van der Waals surface area contributed by atoms with Crippen molar-refractivity contribution in [3.8, 4) is 0 Å². The first-order chi connectivity index (χ1) is 27.0. The van der Waals surface area contributed by atoms with E-state index in [9.17, 15) is 37.9 Å². The standard InChI is InChI=1S/C43H78O12S/c1-3-5-7-9-11-13-15-16-17-18-19-20-21-22-24-26-28-30-32-39(45)54-36(33-52-38(44)31-29-27-25-23-14-12-10-8-6-4-2)34-53-43-42(48)41(47)40(46)37(55-43)35-56(49,50)51/h8,10,17-18,36-37,40-43,46-48H,3-7,9,11-16,19-35H2,1-2H3,(H,49,50,51)/b10-8-,18-17-. The number of hydrogen-bond donors (Lipinski definition) is 4. The van der Waals surface area contributed by atoms with E-state index in [1.54, 1.807) is 0 Å². The number of carbonyl (C=O) groups is 2. The monoisotopic (exact) mass is 819 g/mol. The van der Waals surface area contributed by atoms with Crippen LogP contribution < -0.4 is 0 Å². The number of unbranched alkanes of at least 4 members (excludes halogenated alkanes) is 20. The Morgan fingerprint density at radius 2 is 1.05 bits per heavy atom. The molecule has 0 aromatic rings. The molecule has 4 N–H and O–H groups in total. The van der Waals surface area contributed by atoms with E-state index in [0.29, 0.717) is 12.8 Å². The highest BCUT2D eigenvalue weighted by Crippen LogP contribution is 2.24. The van der Waals surface area contributed by atoms with Crippen LogP contribution in [-0.2, 0) is 38.7 Å². The molecule has 1 fully saturated rings. The first-order valence-electron chi connectivity index (χ1n) is 21.9. The van der Waals surface area contributed by atoms with Crippen molar-refractivity contribution in [2.24, 2.45) is 0 Å². The molecule has 1 aliphatic heterocycles. The maximum atomic E-state index is 12.8. The maximum Gasteiger partial charge on any atom is 0.306 e. The smallest absolute Gasteiger partial charge is 0.306 e. The maximum absolute atomic E-state index is 12.8. The molecule has 0 aromatic heterocycles. The van der Waals surface area contributed by atoms with Gasteiger partial charge in [-0.3, -0.25) is 14.1 Å². The van der Waals surface area contributed by atoms with E-state index >= 15 is 0 Å². The summed E-state index contributed by atoms with van der Waals surface area (Å²) in [4.78, 5) is 25.3. The summed E-state index contributed by atoms with van der Waals surface area (Å²) in [6.45, 7) is 3.67. The Labute approximate surface area is 338 Å². The molecular weight excluding hydrogens is 741 g/mol. The van der Waals surface area contributed by atoms with Crippen LogP contribution in [0.25, 0.3) is 0 Å². The van der Waals surface area contributed by atoms with Crippen LogP contribution in [0, 0.1) is 0 Å². The Bertz CT molecular complexity index is 1140. The fourth-order valence-electron chi connectivity index (χ4n) is 6.56. The summed E-state index contributed by atoms with van der Waals surface area (Å²) < 4.78 is 53.9. The summed E-state index contributed by atoms with van der Waals surface area (Å²) in [5.41, 5.74) is 0. The van der Waals surface area contributed by atoms with Gasteiger partial charge < -0.3 is 34.3 Å². The molecule has 0 amide bonds. The number of allylic oxidation sites excluding steroid dienone is 4. The van der Waals surface area contributed by atoms with Gasteiger partial charge in [0.2, 0.25) is 0 Å². The van der Waals surface area contributed by atoms with Crippen molar-refractivity contribution in [3.05, 3.63) is 24.3 Å². The third-order valence-electron chi connectivity index (χ3n) is 9.98. The van der Waals surface area contributed by atoms with Crippen molar-refractivity contribution in [2.75, 3.05) is 19.0 Å². The Balaban J connectivity index is 2.44. The van der Waals surface area contributed by atoms with Crippen LogP contribution in [0.1, 0.15) is 181 Å². The molecule has 0 aromatic carbocycles. The highest BCUT2D eigenvalue weighted by atomic mass is 32.2. The predicted molar refractivity (Wildman–Crippen MR) is 220 cm³/mol. The van der Waals surface area contributed by atoms with Gasteiger partial charge in [0.15, 0.2) is 12.4 Å². The minimum Gasteiger partial charge on any atom is -0.462 e. The van der Waals surface area contributed by atoms with E-state index in [2.05, 4.69) is 38.2 Å². The fourth-order valence-corrected chi connectivity index (χ4v) is 7.25. The zero-order valence-corrected chi connectivity index (χ0v) is 35.6. The van der Waals surface area contributed by atoms with Gasteiger partial charge in [-0.1, -0.05) is 134 Å². The quantitative estimate of drug-likeness (QED) is 0.0205. The largest absolute Gasteiger partial charge is 0.462 e. The van der Waals surface area contributed by atoms with Gasteiger partial charge in [0, 0.05) is 12.8 Å². The van der Waals surface area contributed by atoms with Crippen molar-refractivity contribution >= 4 is 22.1 Å². The molecule has 0 radical (unpaired) electrons.